The number of aliphatic hydroxyl groups is 1. The maximum atomic E-state index is 12.0. The minimum absolute atomic E-state index is 0.0112. The zero-order chi connectivity index (χ0) is 11.5. The van der Waals surface area contributed by atoms with Crippen molar-refractivity contribution < 1.29 is 9.90 Å². The second kappa shape index (κ2) is 4.63. The molecule has 1 fully saturated rings. The number of benzene rings is 1. The van der Waals surface area contributed by atoms with E-state index in [1.165, 1.54) is 0 Å². The molecule has 16 heavy (non-hydrogen) atoms. The number of hydrogen-bond donors (Lipinski definition) is 2. The predicted molar refractivity (Wildman–Crippen MR) is 60.9 cm³/mol. The van der Waals surface area contributed by atoms with Gasteiger partial charge in [-0.1, -0.05) is 18.2 Å². The summed E-state index contributed by atoms with van der Waals surface area (Å²) in [5, 5.41) is 9.48. The number of hydrogen-bond acceptors (Lipinski definition) is 3. The average Bonchev–Trinajstić information content (AvgIpc) is 2.33. The maximum absolute atomic E-state index is 12.0. The Morgan fingerprint density at radius 2 is 2.06 bits per heavy atom. The van der Waals surface area contributed by atoms with Crippen LogP contribution in [0.2, 0.25) is 0 Å². The normalized spacial score (nSPS) is 25.5. The smallest absolute Gasteiger partial charge is 0.253 e. The highest BCUT2D eigenvalue weighted by molar-refractivity contribution is 5.94. The summed E-state index contributed by atoms with van der Waals surface area (Å²) >= 11 is 0. The summed E-state index contributed by atoms with van der Waals surface area (Å²) in [6.45, 7) is 0.998. The van der Waals surface area contributed by atoms with Crippen LogP contribution in [-0.4, -0.2) is 41.1 Å². The van der Waals surface area contributed by atoms with E-state index in [-0.39, 0.29) is 11.9 Å². The molecule has 2 unspecified atom stereocenters. The van der Waals surface area contributed by atoms with E-state index in [2.05, 4.69) is 0 Å². The summed E-state index contributed by atoms with van der Waals surface area (Å²) in [5.74, 6) is -0.0112. The van der Waals surface area contributed by atoms with Crippen LogP contribution in [0.15, 0.2) is 30.3 Å². The third kappa shape index (κ3) is 2.23. The van der Waals surface area contributed by atoms with E-state index in [9.17, 15) is 9.90 Å². The first-order chi connectivity index (χ1) is 7.68. The first kappa shape index (κ1) is 11.1. The van der Waals surface area contributed by atoms with E-state index in [1.807, 2.05) is 18.2 Å². The second-order valence-electron chi connectivity index (χ2n) is 4.14. The quantitative estimate of drug-likeness (QED) is 0.711. The highest BCUT2D eigenvalue weighted by atomic mass is 16.3. The Hall–Kier alpha value is -1.39. The maximum Gasteiger partial charge on any atom is 0.253 e. The molecule has 0 aliphatic carbocycles. The van der Waals surface area contributed by atoms with Gasteiger partial charge in [-0.15, -0.1) is 0 Å². The standard InChI is InChI=1S/C12H16N2O2/c13-10-8-14(7-6-11(10)15)12(16)9-4-2-1-3-5-9/h1-5,10-11,15H,6-8,13H2. The molecule has 0 spiro atoms. The van der Waals surface area contributed by atoms with E-state index < -0.39 is 6.10 Å². The van der Waals surface area contributed by atoms with Crippen molar-refractivity contribution in [2.24, 2.45) is 5.73 Å². The van der Waals surface area contributed by atoms with E-state index >= 15 is 0 Å². The van der Waals surface area contributed by atoms with E-state index in [0.29, 0.717) is 25.1 Å². The van der Waals surface area contributed by atoms with E-state index in [4.69, 9.17) is 5.73 Å². The largest absolute Gasteiger partial charge is 0.391 e. The van der Waals surface area contributed by atoms with Crippen molar-refractivity contribution >= 4 is 5.91 Å². The fourth-order valence-corrected chi connectivity index (χ4v) is 1.92. The molecule has 2 atom stereocenters. The SMILES string of the molecule is NC1CN(C(=O)c2ccccc2)CCC1O. The van der Waals surface area contributed by atoms with Crippen LogP contribution in [0.1, 0.15) is 16.8 Å². The Kier molecular flexibility index (Phi) is 3.22. The van der Waals surface area contributed by atoms with Crippen molar-refractivity contribution in [1.82, 2.24) is 4.90 Å². The van der Waals surface area contributed by atoms with Crippen LogP contribution >= 0.6 is 0 Å². The van der Waals surface area contributed by atoms with Crippen molar-refractivity contribution in [2.75, 3.05) is 13.1 Å². The molecular weight excluding hydrogens is 204 g/mol. The molecule has 2 rings (SSSR count). The highest BCUT2D eigenvalue weighted by Crippen LogP contribution is 2.13. The van der Waals surface area contributed by atoms with Gasteiger partial charge in [0.15, 0.2) is 0 Å². The molecule has 0 aromatic heterocycles. The summed E-state index contributed by atoms with van der Waals surface area (Å²) in [6, 6.07) is 8.81. The Bertz CT molecular complexity index is 367. The summed E-state index contributed by atoms with van der Waals surface area (Å²) in [6.07, 6.45) is 0.0690. The van der Waals surface area contributed by atoms with Gasteiger partial charge in [-0.3, -0.25) is 4.79 Å². The Morgan fingerprint density at radius 1 is 1.38 bits per heavy atom. The lowest BCUT2D eigenvalue weighted by Gasteiger charge is -2.34. The number of nitrogens with two attached hydrogens (primary N) is 1. The molecule has 1 aromatic carbocycles. The van der Waals surface area contributed by atoms with Gasteiger partial charge < -0.3 is 15.7 Å². The monoisotopic (exact) mass is 220 g/mol. The zero-order valence-electron chi connectivity index (χ0n) is 9.04. The van der Waals surface area contributed by atoms with Crippen LogP contribution in [0.5, 0.6) is 0 Å². The molecule has 1 saturated heterocycles. The molecule has 1 heterocycles. The van der Waals surface area contributed by atoms with Gasteiger partial charge in [0.1, 0.15) is 0 Å². The molecular formula is C12H16N2O2. The van der Waals surface area contributed by atoms with Gasteiger partial charge in [0.05, 0.1) is 6.10 Å². The van der Waals surface area contributed by atoms with Crippen molar-refractivity contribution in [2.45, 2.75) is 18.6 Å². The second-order valence-corrected chi connectivity index (χ2v) is 4.14. The first-order valence-electron chi connectivity index (χ1n) is 5.46. The molecule has 0 radical (unpaired) electrons. The number of amides is 1. The molecule has 0 saturated carbocycles. The minimum atomic E-state index is -0.486. The van der Waals surface area contributed by atoms with Crippen LogP contribution in [-0.2, 0) is 0 Å². The van der Waals surface area contributed by atoms with E-state index in [0.717, 1.165) is 0 Å². The lowest BCUT2D eigenvalue weighted by atomic mass is 10.0. The van der Waals surface area contributed by atoms with Crippen molar-refractivity contribution in [3.63, 3.8) is 0 Å². The third-order valence-corrected chi connectivity index (χ3v) is 2.93. The molecule has 1 aliphatic heterocycles. The summed E-state index contributed by atoms with van der Waals surface area (Å²) < 4.78 is 0. The topological polar surface area (TPSA) is 66.6 Å². The molecule has 0 bridgehead atoms. The van der Waals surface area contributed by atoms with Crippen LogP contribution in [0.25, 0.3) is 0 Å². The summed E-state index contributed by atoms with van der Waals surface area (Å²) in [5.41, 5.74) is 6.41. The fourth-order valence-electron chi connectivity index (χ4n) is 1.92. The number of carbonyl (C=O) groups excluding carboxylic acids is 1. The first-order valence-corrected chi connectivity index (χ1v) is 5.46. The average molecular weight is 220 g/mol. The number of likely N-dealkylation sites (tertiary alicyclic amines) is 1. The number of nitrogens with zero attached hydrogens (tertiary/aromatic N) is 1. The van der Waals surface area contributed by atoms with Crippen LogP contribution in [0, 0.1) is 0 Å². The number of aliphatic hydroxyl groups excluding tert-OH is 1. The van der Waals surface area contributed by atoms with Gasteiger partial charge >= 0.3 is 0 Å². The molecule has 4 nitrogen and oxygen atoms in total. The zero-order valence-corrected chi connectivity index (χ0v) is 9.04. The number of carbonyl (C=O) groups is 1. The molecule has 1 amide bonds. The van der Waals surface area contributed by atoms with Gasteiger partial charge in [0.25, 0.3) is 5.91 Å². The lowest BCUT2D eigenvalue weighted by Crippen LogP contribution is -2.53. The summed E-state index contributed by atoms with van der Waals surface area (Å²) in [7, 11) is 0. The van der Waals surface area contributed by atoms with Gasteiger partial charge in [0.2, 0.25) is 0 Å². The van der Waals surface area contributed by atoms with Gasteiger partial charge in [0, 0.05) is 24.7 Å². The molecule has 4 heteroatoms. The van der Waals surface area contributed by atoms with E-state index in [1.54, 1.807) is 17.0 Å². The Balaban J connectivity index is 2.06. The molecule has 3 N–H and O–H groups in total. The number of rotatable bonds is 1. The summed E-state index contributed by atoms with van der Waals surface area (Å²) in [4.78, 5) is 13.7. The van der Waals surface area contributed by atoms with Crippen LogP contribution < -0.4 is 5.73 Å². The lowest BCUT2D eigenvalue weighted by molar-refractivity contribution is 0.0459. The third-order valence-electron chi connectivity index (χ3n) is 2.93. The van der Waals surface area contributed by atoms with Crippen molar-refractivity contribution in [3.8, 4) is 0 Å². The minimum Gasteiger partial charge on any atom is -0.391 e. The highest BCUT2D eigenvalue weighted by Gasteiger charge is 2.27. The fraction of sp³-hybridized carbons (Fsp3) is 0.417. The molecule has 86 valence electrons. The number of piperidine rings is 1. The van der Waals surface area contributed by atoms with Crippen LogP contribution in [0.3, 0.4) is 0 Å². The van der Waals surface area contributed by atoms with Crippen LogP contribution in [0.4, 0.5) is 0 Å². The van der Waals surface area contributed by atoms with Crippen molar-refractivity contribution in [3.05, 3.63) is 35.9 Å². The van der Waals surface area contributed by atoms with Gasteiger partial charge in [-0.05, 0) is 18.6 Å². The predicted octanol–water partition coefficient (Wildman–Crippen LogP) is 0.221. The van der Waals surface area contributed by atoms with Gasteiger partial charge in [-0.2, -0.15) is 0 Å². The van der Waals surface area contributed by atoms with Gasteiger partial charge in [-0.25, -0.2) is 0 Å². The molecule has 1 aliphatic rings. The van der Waals surface area contributed by atoms with Crippen molar-refractivity contribution in [1.29, 1.82) is 0 Å². The molecule has 1 aromatic rings. The Morgan fingerprint density at radius 3 is 2.69 bits per heavy atom. The Labute approximate surface area is 94.7 Å².